The second kappa shape index (κ2) is 7.60. The number of benzene rings is 1. The average Bonchev–Trinajstić information content (AvgIpc) is 3.01. The molecule has 3 heterocycles. The molecule has 2 aromatic heterocycles. The number of nitrogens with zero attached hydrogens (tertiary/aromatic N) is 3. The van der Waals surface area contributed by atoms with Crippen molar-refractivity contribution < 1.29 is 9.59 Å². The first-order valence-corrected chi connectivity index (χ1v) is 9.58. The van der Waals surface area contributed by atoms with Crippen LogP contribution in [-0.2, 0) is 13.1 Å². The molecule has 0 spiro atoms. The minimum atomic E-state index is -0.606. The van der Waals surface area contributed by atoms with Crippen molar-refractivity contribution in [2.75, 3.05) is 11.9 Å². The van der Waals surface area contributed by atoms with Crippen LogP contribution in [0.1, 0.15) is 21.7 Å². The number of halogens is 1. The number of aromatic nitrogens is 2. The molecule has 0 saturated heterocycles. The van der Waals surface area contributed by atoms with Crippen LogP contribution in [0.3, 0.4) is 0 Å². The zero-order valence-electron chi connectivity index (χ0n) is 15.9. The van der Waals surface area contributed by atoms with Gasteiger partial charge >= 0.3 is 6.03 Å². The molecule has 1 aliphatic rings. The van der Waals surface area contributed by atoms with Gasteiger partial charge in [0, 0.05) is 18.8 Å². The first kappa shape index (κ1) is 19.0. The topological polar surface area (TPSA) is 93.3 Å². The average molecular weight is 410 g/mol. The number of nitrogens with two attached hydrogens (primary N) is 1. The number of hydrogen-bond acceptors (Lipinski definition) is 3. The van der Waals surface area contributed by atoms with Crippen LogP contribution in [0.2, 0.25) is 5.02 Å². The summed E-state index contributed by atoms with van der Waals surface area (Å²) in [4.78, 5) is 30.7. The van der Waals surface area contributed by atoms with Crippen molar-refractivity contribution in [3.63, 3.8) is 0 Å². The van der Waals surface area contributed by atoms with E-state index in [0.717, 1.165) is 17.0 Å². The van der Waals surface area contributed by atoms with Gasteiger partial charge in [-0.25, -0.2) is 4.79 Å². The molecule has 7 nitrogen and oxygen atoms in total. The number of carbonyl (C=O) groups excluding carboxylic acids is 2. The fourth-order valence-corrected chi connectivity index (χ4v) is 3.99. The van der Waals surface area contributed by atoms with Gasteiger partial charge in [-0.15, -0.1) is 0 Å². The normalized spacial score (nSPS) is 13.1. The van der Waals surface area contributed by atoms with Crippen LogP contribution >= 0.6 is 11.6 Å². The summed E-state index contributed by atoms with van der Waals surface area (Å²) in [5.74, 6) is -0.606. The first-order valence-electron chi connectivity index (χ1n) is 9.20. The summed E-state index contributed by atoms with van der Waals surface area (Å²) in [7, 11) is 0. The summed E-state index contributed by atoms with van der Waals surface area (Å²) in [6.07, 6.45) is 1.61. The van der Waals surface area contributed by atoms with Gasteiger partial charge < -0.3 is 20.5 Å². The number of fused-ring (bicyclic) bond motifs is 1. The van der Waals surface area contributed by atoms with Crippen molar-refractivity contribution in [3.05, 3.63) is 70.6 Å². The fourth-order valence-electron chi connectivity index (χ4n) is 3.57. The number of nitrogens with one attached hydrogen (secondary N) is 1. The maximum absolute atomic E-state index is 12.7. The molecule has 0 bridgehead atoms. The van der Waals surface area contributed by atoms with Gasteiger partial charge in [0.1, 0.15) is 0 Å². The van der Waals surface area contributed by atoms with Crippen molar-refractivity contribution in [2.24, 2.45) is 5.73 Å². The molecule has 0 fully saturated rings. The Morgan fingerprint density at radius 2 is 1.90 bits per heavy atom. The Morgan fingerprint density at radius 3 is 2.55 bits per heavy atom. The smallest absolute Gasteiger partial charge is 0.322 e. The van der Waals surface area contributed by atoms with E-state index >= 15 is 0 Å². The Labute approximate surface area is 173 Å². The molecule has 1 aliphatic heterocycles. The van der Waals surface area contributed by atoms with Gasteiger partial charge in [0.05, 0.1) is 40.4 Å². The van der Waals surface area contributed by atoms with Crippen LogP contribution in [0.25, 0.3) is 11.3 Å². The summed E-state index contributed by atoms with van der Waals surface area (Å²) in [5.41, 5.74) is 9.66. The zero-order valence-corrected chi connectivity index (χ0v) is 16.6. The Hall–Kier alpha value is -3.32. The molecular formula is C21H20ClN5O2. The van der Waals surface area contributed by atoms with Gasteiger partial charge in [-0.05, 0) is 24.6 Å². The number of primary amides is 1. The third kappa shape index (κ3) is 3.56. The number of pyridine rings is 1. The van der Waals surface area contributed by atoms with Gasteiger partial charge in [0.2, 0.25) is 0 Å². The molecule has 3 aromatic rings. The summed E-state index contributed by atoms with van der Waals surface area (Å²) in [6, 6.07) is 13.0. The molecule has 1 aromatic carbocycles. The predicted molar refractivity (Wildman–Crippen MR) is 112 cm³/mol. The van der Waals surface area contributed by atoms with Crippen LogP contribution in [0.4, 0.5) is 10.5 Å². The highest BCUT2D eigenvalue weighted by Crippen LogP contribution is 2.37. The minimum Gasteiger partial charge on any atom is -0.365 e. The van der Waals surface area contributed by atoms with Crippen LogP contribution in [0.15, 0.2) is 48.7 Å². The molecule has 0 unspecified atom stereocenters. The third-order valence-corrected chi connectivity index (χ3v) is 5.36. The lowest BCUT2D eigenvalue weighted by molar-refractivity contribution is 0.0997. The van der Waals surface area contributed by atoms with E-state index in [1.807, 2.05) is 47.9 Å². The number of hydrogen-bond donors (Lipinski definition) is 2. The maximum Gasteiger partial charge on any atom is 0.322 e. The van der Waals surface area contributed by atoms with Gasteiger partial charge in [-0.1, -0.05) is 41.9 Å². The highest BCUT2D eigenvalue weighted by Gasteiger charge is 2.31. The standard InChI is InChI=1S/C21H20ClN5O2/c1-13-7-8-15(11-24-13)25-21(29)26-9-10-27-16(12-26)17(20(23)28)18(22)19(27)14-5-3-2-4-6-14/h2-8,11H,9-10,12H2,1H3,(H2,23,28)(H,25,29). The van der Waals surface area contributed by atoms with Gasteiger partial charge in [-0.3, -0.25) is 9.78 Å². The Bertz CT molecular complexity index is 1080. The number of urea groups is 1. The summed E-state index contributed by atoms with van der Waals surface area (Å²) in [6.45, 7) is 3.09. The molecule has 0 radical (unpaired) electrons. The zero-order chi connectivity index (χ0) is 20.5. The number of carbonyl (C=O) groups is 2. The number of anilines is 1. The summed E-state index contributed by atoms with van der Waals surface area (Å²) in [5, 5.41) is 3.16. The first-order chi connectivity index (χ1) is 14.0. The minimum absolute atomic E-state index is 0.232. The van der Waals surface area contributed by atoms with Crippen molar-refractivity contribution in [3.8, 4) is 11.3 Å². The molecule has 8 heteroatoms. The maximum atomic E-state index is 12.7. The second-order valence-corrected chi connectivity index (χ2v) is 7.28. The van der Waals surface area contributed by atoms with E-state index in [1.54, 1.807) is 17.2 Å². The van der Waals surface area contributed by atoms with Gasteiger partial charge in [-0.2, -0.15) is 0 Å². The molecular weight excluding hydrogens is 390 g/mol. The van der Waals surface area contributed by atoms with Gasteiger partial charge in [0.15, 0.2) is 0 Å². The van der Waals surface area contributed by atoms with E-state index in [2.05, 4.69) is 10.3 Å². The quantitative estimate of drug-likeness (QED) is 0.691. The Balaban J connectivity index is 1.66. The van der Waals surface area contributed by atoms with Crippen LogP contribution < -0.4 is 11.1 Å². The third-order valence-electron chi connectivity index (χ3n) is 4.99. The summed E-state index contributed by atoms with van der Waals surface area (Å²) >= 11 is 6.57. The van der Waals surface area contributed by atoms with E-state index < -0.39 is 5.91 Å². The van der Waals surface area contributed by atoms with Crippen molar-refractivity contribution in [1.29, 1.82) is 0 Å². The summed E-state index contributed by atoms with van der Waals surface area (Å²) < 4.78 is 1.98. The predicted octanol–water partition coefficient (Wildman–Crippen LogP) is 3.66. The molecule has 0 saturated carbocycles. The van der Waals surface area contributed by atoms with Crippen LogP contribution in [0, 0.1) is 6.92 Å². The van der Waals surface area contributed by atoms with Crippen molar-refractivity contribution in [1.82, 2.24) is 14.5 Å². The van der Waals surface area contributed by atoms with E-state index in [-0.39, 0.29) is 18.1 Å². The molecule has 0 aliphatic carbocycles. The lowest BCUT2D eigenvalue weighted by Crippen LogP contribution is -2.41. The lowest BCUT2D eigenvalue weighted by Gasteiger charge is -2.30. The largest absolute Gasteiger partial charge is 0.365 e. The van der Waals surface area contributed by atoms with E-state index in [0.29, 0.717) is 29.5 Å². The molecule has 29 heavy (non-hydrogen) atoms. The number of aryl methyl sites for hydroxylation is 1. The molecule has 3 N–H and O–H groups in total. The van der Waals surface area contributed by atoms with E-state index in [1.165, 1.54) is 0 Å². The van der Waals surface area contributed by atoms with Crippen molar-refractivity contribution in [2.45, 2.75) is 20.0 Å². The van der Waals surface area contributed by atoms with E-state index in [4.69, 9.17) is 17.3 Å². The molecule has 3 amide bonds. The van der Waals surface area contributed by atoms with Crippen LogP contribution in [0.5, 0.6) is 0 Å². The molecule has 0 atom stereocenters. The lowest BCUT2D eigenvalue weighted by atomic mass is 10.1. The molecule has 4 rings (SSSR count). The monoisotopic (exact) mass is 409 g/mol. The number of rotatable bonds is 3. The Morgan fingerprint density at radius 1 is 1.14 bits per heavy atom. The molecule has 148 valence electrons. The van der Waals surface area contributed by atoms with Gasteiger partial charge in [0.25, 0.3) is 5.91 Å². The highest BCUT2D eigenvalue weighted by atomic mass is 35.5. The Kier molecular flexibility index (Phi) is 4.98. The van der Waals surface area contributed by atoms with E-state index in [9.17, 15) is 9.59 Å². The van der Waals surface area contributed by atoms with Crippen molar-refractivity contribution >= 4 is 29.2 Å². The van der Waals surface area contributed by atoms with Crippen LogP contribution in [-0.4, -0.2) is 32.9 Å². The number of amides is 3. The second-order valence-electron chi connectivity index (χ2n) is 6.91. The highest BCUT2D eigenvalue weighted by molar-refractivity contribution is 6.36. The fraction of sp³-hybridized carbons (Fsp3) is 0.190. The SMILES string of the molecule is Cc1ccc(NC(=O)N2CCn3c(c(C(N)=O)c(Cl)c3-c3ccccc3)C2)cn1.